The lowest BCUT2D eigenvalue weighted by Gasteiger charge is -2.15. The third kappa shape index (κ3) is 3.40. The van der Waals surface area contributed by atoms with E-state index < -0.39 is 0 Å². The van der Waals surface area contributed by atoms with Crippen molar-refractivity contribution in [1.29, 1.82) is 0 Å². The van der Waals surface area contributed by atoms with Gasteiger partial charge in [-0.25, -0.2) is 0 Å². The van der Waals surface area contributed by atoms with E-state index in [0.717, 1.165) is 27.7 Å². The number of carbonyl (C=O) groups excluding carboxylic acids is 1. The molecule has 0 aliphatic carbocycles. The average molecular weight is 328 g/mol. The van der Waals surface area contributed by atoms with Crippen LogP contribution in [0, 0.1) is 6.92 Å². The molecule has 3 nitrogen and oxygen atoms in total. The quantitative estimate of drug-likeness (QED) is 0.746. The Bertz CT molecular complexity index is 853. The molecule has 3 rings (SSSR count). The maximum atomic E-state index is 12.3. The summed E-state index contributed by atoms with van der Waals surface area (Å²) in [5.74, 6) is -0.0549. The van der Waals surface area contributed by atoms with Gasteiger partial charge in [0.05, 0.1) is 18.7 Å². The molecule has 1 unspecified atom stereocenters. The molecule has 1 N–H and O–H groups in total. The second-order valence-electron chi connectivity index (χ2n) is 5.75. The number of hydrogen-bond donors (Lipinski definition) is 1. The number of hydrogen-bond acceptors (Lipinski definition) is 2. The molecule has 4 heteroatoms. The Morgan fingerprint density at radius 2 is 2.04 bits per heavy atom. The lowest BCUT2D eigenvalue weighted by Crippen LogP contribution is -2.28. The van der Waals surface area contributed by atoms with E-state index >= 15 is 0 Å². The van der Waals surface area contributed by atoms with Crippen LogP contribution in [0.3, 0.4) is 0 Å². The van der Waals surface area contributed by atoms with Gasteiger partial charge in [0.15, 0.2) is 0 Å². The molecule has 0 fully saturated rings. The van der Waals surface area contributed by atoms with E-state index in [-0.39, 0.29) is 18.4 Å². The second kappa shape index (κ2) is 6.47. The fourth-order valence-corrected chi connectivity index (χ4v) is 3.00. The minimum atomic E-state index is -0.142. The molecular weight excluding hydrogens is 310 g/mol. The maximum absolute atomic E-state index is 12.3. The Morgan fingerprint density at radius 1 is 1.26 bits per heavy atom. The van der Waals surface area contributed by atoms with Crippen LogP contribution in [0.5, 0.6) is 0 Å². The third-order valence-electron chi connectivity index (χ3n) is 3.91. The van der Waals surface area contributed by atoms with E-state index in [1.54, 1.807) is 6.26 Å². The summed E-state index contributed by atoms with van der Waals surface area (Å²) in [6.07, 6.45) is 1.94. The number of nitrogens with one attached hydrogen (secondary N) is 1. The van der Waals surface area contributed by atoms with Gasteiger partial charge in [0, 0.05) is 16.0 Å². The highest BCUT2D eigenvalue weighted by atomic mass is 35.5. The molecule has 0 aliphatic heterocycles. The SMILES string of the molecule is Cc1ccc2c(CC(=O)NC(C)c3ccccc3Cl)coc2c1. The average Bonchev–Trinajstić information content (AvgIpc) is 2.89. The van der Waals surface area contributed by atoms with Crippen LogP contribution in [-0.4, -0.2) is 5.91 Å². The van der Waals surface area contributed by atoms with E-state index in [4.69, 9.17) is 16.0 Å². The molecule has 1 heterocycles. The predicted molar refractivity (Wildman–Crippen MR) is 92.7 cm³/mol. The first kappa shape index (κ1) is 15.6. The summed E-state index contributed by atoms with van der Waals surface area (Å²) in [5, 5.41) is 4.63. The zero-order valence-corrected chi connectivity index (χ0v) is 13.9. The monoisotopic (exact) mass is 327 g/mol. The van der Waals surface area contributed by atoms with Crippen molar-refractivity contribution in [1.82, 2.24) is 5.32 Å². The molecule has 0 radical (unpaired) electrons. The largest absolute Gasteiger partial charge is 0.464 e. The summed E-state index contributed by atoms with van der Waals surface area (Å²) in [5.41, 5.74) is 3.75. The van der Waals surface area contributed by atoms with Crippen LogP contribution in [0.2, 0.25) is 5.02 Å². The molecule has 0 bridgehead atoms. The summed E-state index contributed by atoms with van der Waals surface area (Å²) in [4.78, 5) is 12.3. The molecule has 3 aromatic rings. The van der Waals surface area contributed by atoms with E-state index in [9.17, 15) is 4.79 Å². The number of benzene rings is 2. The van der Waals surface area contributed by atoms with E-state index in [2.05, 4.69) is 5.32 Å². The number of amides is 1. The van der Waals surface area contributed by atoms with Crippen LogP contribution >= 0.6 is 11.6 Å². The summed E-state index contributed by atoms with van der Waals surface area (Å²) >= 11 is 6.17. The highest BCUT2D eigenvalue weighted by Gasteiger charge is 2.15. The Morgan fingerprint density at radius 3 is 2.83 bits per heavy atom. The van der Waals surface area contributed by atoms with Gasteiger partial charge in [0.25, 0.3) is 0 Å². The van der Waals surface area contributed by atoms with Crippen molar-refractivity contribution < 1.29 is 9.21 Å². The van der Waals surface area contributed by atoms with Crippen molar-refractivity contribution in [3.8, 4) is 0 Å². The fraction of sp³-hybridized carbons (Fsp3) is 0.211. The third-order valence-corrected chi connectivity index (χ3v) is 4.26. The van der Waals surface area contributed by atoms with Crippen LogP contribution in [0.1, 0.15) is 29.7 Å². The molecular formula is C19H18ClNO2. The fourth-order valence-electron chi connectivity index (χ4n) is 2.70. The number of aryl methyl sites for hydroxylation is 1. The zero-order valence-electron chi connectivity index (χ0n) is 13.1. The molecule has 0 spiro atoms. The first-order chi connectivity index (χ1) is 11.0. The topological polar surface area (TPSA) is 42.2 Å². The minimum Gasteiger partial charge on any atom is -0.464 e. The summed E-state index contributed by atoms with van der Waals surface area (Å²) < 4.78 is 5.54. The standard InChI is InChI=1S/C19H18ClNO2/c1-12-7-8-16-14(11-23-18(16)9-12)10-19(22)21-13(2)15-5-3-4-6-17(15)20/h3-9,11,13H,10H2,1-2H3,(H,21,22). The maximum Gasteiger partial charge on any atom is 0.225 e. The molecule has 2 aromatic carbocycles. The van der Waals surface area contributed by atoms with Gasteiger partial charge in [-0.1, -0.05) is 41.9 Å². The van der Waals surface area contributed by atoms with Crippen molar-refractivity contribution >= 4 is 28.5 Å². The molecule has 1 atom stereocenters. The van der Waals surface area contributed by atoms with Crippen LogP contribution in [0.25, 0.3) is 11.0 Å². The van der Waals surface area contributed by atoms with Crippen molar-refractivity contribution in [3.05, 3.63) is 70.4 Å². The first-order valence-electron chi connectivity index (χ1n) is 7.55. The van der Waals surface area contributed by atoms with Gasteiger partial charge in [0.1, 0.15) is 5.58 Å². The number of halogens is 1. The Balaban J connectivity index is 1.72. The van der Waals surface area contributed by atoms with Gasteiger partial charge < -0.3 is 9.73 Å². The highest BCUT2D eigenvalue weighted by molar-refractivity contribution is 6.31. The number of furan rings is 1. The summed E-state index contributed by atoms with van der Waals surface area (Å²) in [7, 11) is 0. The molecule has 1 aromatic heterocycles. The normalized spacial score (nSPS) is 12.3. The lowest BCUT2D eigenvalue weighted by atomic mass is 10.1. The lowest BCUT2D eigenvalue weighted by molar-refractivity contribution is -0.121. The molecule has 0 aliphatic rings. The smallest absolute Gasteiger partial charge is 0.225 e. The minimum absolute atomic E-state index is 0.0549. The zero-order chi connectivity index (χ0) is 16.4. The van der Waals surface area contributed by atoms with Crippen LogP contribution in [-0.2, 0) is 11.2 Å². The van der Waals surface area contributed by atoms with Gasteiger partial charge in [-0.15, -0.1) is 0 Å². The van der Waals surface area contributed by atoms with E-state index in [1.165, 1.54) is 0 Å². The predicted octanol–water partition coefficient (Wildman–Crippen LogP) is 4.81. The highest BCUT2D eigenvalue weighted by Crippen LogP contribution is 2.24. The van der Waals surface area contributed by atoms with Crippen molar-refractivity contribution in [2.24, 2.45) is 0 Å². The van der Waals surface area contributed by atoms with E-state index in [1.807, 2.05) is 56.3 Å². The van der Waals surface area contributed by atoms with Gasteiger partial charge >= 0.3 is 0 Å². The van der Waals surface area contributed by atoms with Gasteiger partial charge in [-0.3, -0.25) is 4.79 Å². The number of rotatable bonds is 4. The van der Waals surface area contributed by atoms with Gasteiger partial charge in [-0.2, -0.15) is 0 Å². The first-order valence-corrected chi connectivity index (χ1v) is 7.93. The van der Waals surface area contributed by atoms with Gasteiger partial charge in [0.2, 0.25) is 5.91 Å². The van der Waals surface area contributed by atoms with Gasteiger partial charge in [-0.05, 0) is 37.1 Å². The van der Waals surface area contributed by atoms with Crippen LogP contribution in [0.15, 0.2) is 53.1 Å². The van der Waals surface area contributed by atoms with Crippen LogP contribution in [0.4, 0.5) is 0 Å². The molecule has 1 amide bonds. The summed E-state index contributed by atoms with van der Waals surface area (Å²) in [6.45, 7) is 3.94. The second-order valence-corrected chi connectivity index (χ2v) is 6.16. The van der Waals surface area contributed by atoms with Crippen molar-refractivity contribution in [2.45, 2.75) is 26.3 Å². The van der Waals surface area contributed by atoms with Crippen molar-refractivity contribution in [3.63, 3.8) is 0 Å². The van der Waals surface area contributed by atoms with E-state index in [0.29, 0.717) is 5.02 Å². The molecule has 0 saturated heterocycles. The Hall–Kier alpha value is -2.26. The Kier molecular flexibility index (Phi) is 4.39. The van der Waals surface area contributed by atoms with Crippen LogP contribution < -0.4 is 5.32 Å². The number of carbonyl (C=O) groups is 1. The Labute approximate surface area is 140 Å². The molecule has 118 valence electrons. The summed E-state index contributed by atoms with van der Waals surface area (Å²) in [6, 6.07) is 13.4. The number of fused-ring (bicyclic) bond motifs is 1. The molecule has 0 saturated carbocycles. The van der Waals surface area contributed by atoms with Crippen molar-refractivity contribution in [2.75, 3.05) is 0 Å². The molecule has 23 heavy (non-hydrogen) atoms.